The Bertz CT molecular complexity index is 1030. The Morgan fingerprint density at radius 2 is 2.00 bits per heavy atom. The van der Waals surface area contributed by atoms with E-state index in [1.165, 1.54) is 6.20 Å². The number of imidazole rings is 1. The van der Waals surface area contributed by atoms with Crippen LogP contribution in [0, 0.1) is 0 Å². The summed E-state index contributed by atoms with van der Waals surface area (Å²) in [5, 5.41) is 2.90. The molecule has 1 amide bonds. The number of fused-ring (bicyclic) bond motifs is 1. The molecule has 2 aromatic heterocycles. The number of anilines is 1. The molecule has 0 aliphatic rings. The molecule has 1 atom stereocenters. The van der Waals surface area contributed by atoms with Crippen LogP contribution in [0.15, 0.2) is 54.9 Å². The van der Waals surface area contributed by atoms with Gasteiger partial charge in [-0.15, -0.1) is 0 Å². The Labute approximate surface area is 145 Å². The molecule has 3 rings (SSSR count). The minimum Gasteiger partial charge on any atom is -0.344 e. The van der Waals surface area contributed by atoms with Gasteiger partial charge in [0, 0.05) is 11.9 Å². The quantitative estimate of drug-likeness (QED) is 0.731. The van der Waals surface area contributed by atoms with Crippen LogP contribution in [0.3, 0.4) is 0 Å². The highest BCUT2D eigenvalue weighted by molar-refractivity contribution is 7.92. The lowest BCUT2D eigenvalue weighted by molar-refractivity contribution is 0.0934. The normalized spacial score (nSPS) is 12.7. The molecule has 0 saturated heterocycles. The van der Waals surface area contributed by atoms with E-state index in [0.717, 1.165) is 11.8 Å². The first-order valence-corrected chi connectivity index (χ1v) is 9.53. The Morgan fingerprint density at radius 1 is 1.20 bits per heavy atom. The van der Waals surface area contributed by atoms with Gasteiger partial charge >= 0.3 is 0 Å². The number of hydrogen-bond acceptors (Lipinski definition) is 4. The van der Waals surface area contributed by atoms with Gasteiger partial charge in [0.1, 0.15) is 11.3 Å². The number of nitrogens with one attached hydrogen (secondary N) is 2. The summed E-state index contributed by atoms with van der Waals surface area (Å²) < 4.78 is 26.8. The second-order valence-corrected chi connectivity index (χ2v) is 7.52. The van der Waals surface area contributed by atoms with Crippen LogP contribution in [0.25, 0.3) is 5.65 Å². The molecule has 130 valence electrons. The summed E-state index contributed by atoms with van der Waals surface area (Å²) in [4.78, 5) is 16.7. The van der Waals surface area contributed by atoms with E-state index in [4.69, 9.17) is 0 Å². The number of benzene rings is 1. The van der Waals surface area contributed by atoms with Crippen molar-refractivity contribution < 1.29 is 13.2 Å². The van der Waals surface area contributed by atoms with Crippen molar-refractivity contribution in [2.45, 2.75) is 13.0 Å². The van der Waals surface area contributed by atoms with E-state index in [0.29, 0.717) is 17.0 Å². The average molecular weight is 358 g/mol. The molecule has 8 heteroatoms. The predicted molar refractivity (Wildman–Crippen MR) is 96.0 cm³/mol. The fourth-order valence-electron chi connectivity index (χ4n) is 2.54. The third-order valence-corrected chi connectivity index (χ3v) is 4.29. The number of aromatic nitrogens is 2. The largest absolute Gasteiger partial charge is 0.344 e. The highest BCUT2D eigenvalue weighted by atomic mass is 32.2. The van der Waals surface area contributed by atoms with Crippen LogP contribution in [0.4, 0.5) is 5.69 Å². The van der Waals surface area contributed by atoms with Gasteiger partial charge < -0.3 is 5.32 Å². The SMILES string of the molecule is CC(NC(=O)c1cnc2ccccn12)c1cccc(NS(C)(=O)=O)c1. The van der Waals surface area contributed by atoms with Gasteiger partial charge in [-0.2, -0.15) is 0 Å². The molecule has 1 unspecified atom stereocenters. The van der Waals surface area contributed by atoms with Gasteiger partial charge in [-0.3, -0.25) is 13.9 Å². The molecule has 0 fully saturated rings. The zero-order chi connectivity index (χ0) is 18.0. The summed E-state index contributed by atoms with van der Waals surface area (Å²) in [6.45, 7) is 1.83. The molecule has 2 N–H and O–H groups in total. The van der Waals surface area contributed by atoms with Gasteiger partial charge in [0.15, 0.2) is 0 Å². The number of rotatable bonds is 5. The number of hydrogen-bond donors (Lipinski definition) is 2. The molecule has 0 spiro atoms. The van der Waals surface area contributed by atoms with Crippen molar-refractivity contribution in [3.63, 3.8) is 0 Å². The molecular weight excluding hydrogens is 340 g/mol. The number of sulfonamides is 1. The van der Waals surface area contributed by atoms with Gasteiger partial charge in [-0.05, 0) is 36.8 Å². The molecule has 0 saturated carbocycles. The van der Waals surface area contributed by atoms with Gasteiger partial charge in [-0.25, -0.2) is 13.4 Å². The Kier molecular flexibility index (Phi) is 4.45. The van der Waals surface area contributed by atoms with Crippen LogP contribution in [-0.4, -0.2) is 30.0 Å². The molecule has 1 aromatic carbocycles. The maximum Gasteiger partial charge on any atom is 0.270 e. The summed E-state index contributed by atoms with van der Waals surface area (Å²) in [5.41, 5.74) is 2.37. The summed E-state index contributed by atoms with van der Waals surface area (Å²) in [5.74, 6) is -0.257. The fourth-order valence-corrected chi connectivity index (χ4v) is 3.10. The third kappa shape index (κ3) is 3.97. The minimum atomic E-state index is -3.35. The van der Waals surface area contributed by atoms with E-state index >= 15 is 0 Å². The Balaban J connectivity index is 1.79. The van der Waals surface area contributed by atoms with Crippen molar-refractivity contribution in [3.8, 4) is 0 Å². The Morgan fingerprint density at radius 3 is 2.76 bits per heavy atom. The standard InChI is InChI=1S/C17H18N4O3S/c1-12(13-6-5-7-14(10-13)20-25(2,23)24)19-17(22)15-11-18-16-8-3-4-9-21(15)16/h3-12,20H,1-2H3,(H,19,22). The van der Waals surface area contributed by atoms with Crippen molar-refractivity contribution in [1.29, 1.82) is 0 Å². The number of pyridine rings is 1. The zero-order valence-electron chi connectivity index (χ0n) is 13.8. The summed E-state index contributed by atoms with van der Waals surface area (Å²) in [7, 11) is -3.35. The first-order valence-electron chi connectivity index (χ1n) is 7.64. The van der Waals surface area contributed by atoms with Gasteiger partial charge in [0.25, 0.3) is 5.91 Å². The first-order chi connectivity index (χ1) is 11.8. The number of nitrogens with zero attached hydrogens (tertiary/aromatic N) is 2. The maximum absolute atomic E-state index is 12.5. The van der Waals surface area contributed by atoms with Crippen LogP contribution in [-0.2, 0) is 10.0 Å². The van der Waals surface area contributed by atoms with Gasteiger partial charge in [0.2, 0.25) is 10.0 Å². The van der Waals surface area contributed by atoms with E-state index in [2.05, 4.69) is 15.0 Å². The van der Waals surface area contributed by atoms with Crippen molar-refractivity contribution in [1.82, 2.24) is 14.7 Å². The molecule has 0 radical (unpaired) electrons. The monoisotopic (exact) mass is 358 g/mol. The van der Waals surface area contributed by atoms with Crippen LogP contribution < -0.4 is 10.0 Å². The van der Waals surface area contributed by atoms with E-state index in [-0.39, 0.29) is 11.9 Å². The smallest absolute Gasteiger partial charge is 0.270 e. The molecule has 0 aliphatic carbocycles. The molecule has 7 nitrogen and oxygen atoms in total. The second-order valence-electron chi connectivity index (χ2n) is 5.77. The number of amides is 1. The molecule has 0 bridgehead atoms. The highest BCUT2D eigenvalue weighted by Gasteiger charge is 2.15. The lowest BCUT2D eigenvalue weighted by Crippen LogP contribution is -2.27. The molecule has 25 heavy (non-hydrogen) atoms. The zero-order valence-corrected chi connectivity index (χ0v) is 14.6. The van der Waals surface area contributed by atoms with E-state index < -0.39 is 10.0 Å². The van der Waals surface area contributed by atoms with Crippen molar-refractivity contribution in [2.75, 3.05) is 11.0 Å². The summed E-state index contributed by atoms with van der Waals surface area (Å²) in [6, 6.07) is 12.1. The lowest BCUT2D eigenvalue weighted by atomic mass is 10.1. The lowest BCUT2D eigenvalue weighted by Gasteiger charge is -2.15. The summed E-state index contributed by atoms with van der Waals surface area (Å²) >= 11 is 0. The maximum atomic E-state index is 12.5. The Hall–Kier alpha value is -2.87. The first kappa shape index (κ1) is 17.0. The van der Waals surface area contributed by atoms with Crippen LogP contribution in [0.1, 0.15) is 29.0 Å². The number of carbonyl (C=O) groups is 1. The van der Waals surface area contributed by atoms with Gasteiger partial charge in [-0.1, -0.05) is 18.2 Å². The molecule has 2 heterocycles. The third-order valence-electron chi connectivity index (χ3n) is 3.69. The second kappa shape index (κ2) is 6.56. The molecular formula is C17H18N4O3S. The molecule has 0 aliphatic heterocycles. The topological polar surface area (TPSA) is 92.6 Å². The van der Waals surface area contributed by atoms with Crippen LogP contribution in [0.5, 0.6) is 0 Å². The summed E-state index contributed by atoms with van der Waals surface area (Å²) in [6.07, 6.45) is 4.40. The fraction of sp³-hybridized carbons (Fsp3) is 0.176. The minimum absolute atomic E-state index is 0.257. The van der Waals surface area contributed by atoms with E-state index in [1.807, 2.05) is 31.2 Å². The molecule has 3 aromatic rings. The number of carbonyl (C=O) groups excluding carboxylic acids is 1. The van der Waals surface area contributed by atoms with Gasteiger partial charge in [0.05, 0.1) is 18.5 Å². The average Bonchev–Trinajstić information content (AvgIpc) is 2.97. The van der Waals surface area contributed by atoms with Crippen molar-refractivity contribution in [3.05, 3.63) is 66.1 Å². The van der Waals surface area contributed by atoms with Crippen LogP contribution in [0.2, 0.25) is 0 Å². The van der Waals surface area contributed by atoms with Crippen LogP contribution >= 0.6 is 0 Å². The van der Waals surface area contributed by atoms with Crippen molar-refractivity contribution >= 4 is 27.3 Å². The van der Waals surface area contributed by atoms with E-state index in [1.54, 1.807) is 28.8 Å². The van der Waals surface area contributed by atoms with E-state index in [9.17, 15) is 13.2 Å². The predicted octanol–water partition coefficient (Wildman–Crippen LogP) is 2.20. The highest BCUT2D eigenvalue weighted by Crippen LogP contribution is 2.19. The van der Waals surface area contributed by atoms with Crippen molar-refractivity contribution in [2.24, 2.45) is 0 Å².